The van der Waals surface area contributed by atoms with Crippen molar-refractivity contribution in [2.45, 2.75) is 26.2 Å². The first-order chi connectivity index (χ1) is 15.9. The van der Waals surface area contributed by atoms with Crippen molar-refractivity contribution in [3.63, 3.8) is 0 Å². The molecule has 2 amide bonds. The third-order valence-electron chi connectivity index (χ3n) is 5.08. The SMILES string of the molecule is Cc1occc1C(=O)Nc1cc(NC(=O)CCCc2nc3ccccc3c(=O)[nH]2)ccc1F. The van der Waals surface area contributed by atoms with Crippen molar-refractivity contribution >= 4 is 34.1 Å². The number of carbonyl (C=O) groups excluding carboxylic acids is 2. The van der Waals surface area contributed by atoms with Crippen LogP contribution in [-0.4, -0.2) is 21.8 Å². The fourth-order valence-electron chi connectivity index (χ4n) is 3.40. The topological polar surface area (TPSA) is 117 Å². The van der Waals surface area contributed by atoms with Crippen LogP contribution in [0.4, 0.5) is 15.8 Å². The zero-order chi connectivity index (χ0) is 23.4. The first kappa shape index (κ1) is 21.9. The number of nitrogens with zero attached hydrogens (tertiary/aromatic N) is 1. The van der Waals surface area contributed by atoms with E-state index in [1.165, 1.54) is 24.5 Å². The quantitative estimate of drug-likeness (QED) is 0.392. The van der Waals surface area contributed by atoms with Crippen molar-refractivity contribution in [1.82, 2.24) is 9.97 Å². The summed E-state index contributed by atoms with van der Waals surface area (Å²) in [6.45, 7) is 1.63. The molecule has 0 unspecified atom stereocenters. The first-order valence-electron chi connectivity index (χ1n) is 10.3. The molecule has 0 bridgehead atoms. The lowest BCUT2D eigenvalue weighted by Crippen LogP contribution is -2.15. The fourth-order valence-corrected chi connectivity index (χ4v) is 3.40. The number of anilines is 2. The zero-order valence-corrected chi connectivity index (χ0v) is 17.8. The van der Waals surface area contributed by atoms with Crippen LogP contribution in [0, 0.1) is 12.7 Å². The molecular weight excluding hydrogens is 427 g/mol. The van der Waals surface area contributed by atoms with Gasteiger partial charge in [-0.25, -0.2) is 9.37 Å². The predicted octanol–water partition coefficient (Wildman–Crippen LogP) is 4.18. The number of fused-ring (bicyclic) bond motifs is 1. The Morgan fingerprint density at radius 2 is 1.94 bits per heavy atom. The van der Waals surface area contributed by atoms with Crippen LogP contribution in [0.25, 0.3) is 10.9 Å². The Labute approximate surface area is 187 Å². The van der Waals surface area contributed by atoms with Crippen LogP contribution in [0.5, 0.6) is 0 Å². The predicted molar refractivity (Wildman–Crippen MR) is 122 cm³/mol. The monoisotopic (exact) mass is 448 g/mol. The molecular formula is C24H21FN4O4. The Morgan fingerprint density at radius 3 is 2.73 bits per heavy atom. The molecule has 4 aromatic rings. The molecule has 4 rings (SSSR count). The normalized spacial score (nSPS) is 10.8. The maximum atomic E-state index is 14.2. The third-order valence-corrected chi connectivity index (χ3v) is 5.08. The number of nitrogens with one attached hydrogen (secondary N) is 3. The Hall–Kier alpha value is -4.27. The van der Waals surface area contributed by atoms with E-state index in [1.54, 1.807) is 25.1 Å². The molecule has 2 heterocycles. The van der Waals surface area contributed by atoms with Crippen LogP contribution in [0.1, 0.15) is 34.8 Å². The summed E-state index contributed by atoms with van der Waals surface area (Å²) in [5, 5.41) is 5.69. The highest BCUT2D eigenvalue weighted by Crippen LogP contribution is 2.21. The summed E-state index contributed by atoms with van der Waals surface area (Å²) in [4.78, 5) is 43.9. The second kappa shape index (κ2) is 9.47. The Kier molecular flexibility index (Phi) is 6.30. The summed E-state index contributed by atoms with van der Waals surface area (Å²) in [7, 11) is 0. The lowest BCUT2D eigenvalue weighted by Gasteiger charge is -2.10. The average molecular weight is 448 g/mol. The van der Waals surface area contributed by atoms with Crippen molar-refractivity contribution in [1.29, 1.82) is 0 Å². The minimum Gasteiger partial charge on any atom is -0.469 e. The number of para-hydroxylation sites is 1. The van der Waals surface area contributed by atoms with Crippen LogP contribution in [-0.2, 0) is 11.2 Å². The van der Waals surface area contributed by atoms with E-state index in [0.717, 1.165) is 6.07 Å². The Morgan fingerprint density at radius 1 is 1.12 bits per heavy atom. The van der Waals surface area contributed by atoms with Crippen LogP contribution in [0.3, 0.4) is 0 Å². The number of rotatable bonds is 7. The standard InChI is InChI=1S/C24H21FN4O4/c1-14-16(11-12-33-14)23(31)28-20-13-15(9-10-18(20)25)26-22(30)8-4-7-21-27-19-6-3-2-5-17(19)24(32)29-21/h2-3,5-6,9-13H,4,7-8H2,1H3,(H,26,30)(H,28,31)(H,27,29,32). The largest absolute Gasteiger partial charge is 0.469 e. The van der Waals surface area contributed by atoms with E-state index in [9.17, 15) is 18.8 Å². The van der Waals surface area contributed by atoms with Gasteiger partial charge >= 0.3 is 0 Å². The van der Waals surface area contributed by atoms with Gasteiger partial charge in [0.1, 0.15) is 17.4 Å². The lowest BCUT2D eigenvalue weighted by atomic mass is 10.2. The Bertz CT molecular complexity index is 1390. The lowest BCUT2D eigenvalue weighted by molar-refractivity contribution is -0.116. The van der Waals surface area contributed by atoms with E-state index >= 15 is 0 Å². The van der Waals surface area contributed by atoms with Gasteiger partial charge < -0.3 is 20.0 Å². The molecule has 0 spiro atoms. The molecule has 0 saturated heterocycles. The van der Waals surface area contributed by atoms with E-state index in [0.29, 0.717) is 46.6 Å². The van der Waals surface area contributed by atoms with Gasteiger partial charge in [-0.15, -0.1) is 0 Å². The smallest absolute Gasteiger partial charge is 0.259 e. The summed E-state index contributed by atoms with van der Waals surface area (Å²) >= 11 is 0. The van der Waals surface area contributed by atoms with Gasteiger partial charge in [-0.05, 0) is 49.7 Å². The van der Waals surface area contributed by atoms with Gasteiger partial charge in [0.15, 0.2) is 0 Å². The Balaban J connectivity index is 1.35. The molecule has 2 aromatic carbocycles. The van der Waals surface area contributed by atoms with Crippen molar-refractivity contribution in [2.24, 2.45) is 0 Å². The number of carbonyl (C=O) groups is 2. The molecule has 33 heavy (non-hydrogen) atoms. The van der Waals surface area contributed by atoms with Crippen molar-refractivity contribution in [3.05, 3.63) is 88.1 Å². The molecule has 9 heteroatoms. The van der Waals surface area contributed by atoms with Gasteiger partial charge in [0.2, 0.25) is 5.91 Å². The zero-order valence-electron chi connectivity index (χ0n) is 17.8. The molecule has 168 valence electrons. The maximum absolute atomic E-state index is 14.2. The number of hydrogen-bond acceptors (Lipinski definition) is 5. The summed E-state index contributed by atoms with van der Waals surface area (Å²) in [5.74, 6) is -0.505. The average Bonchev–Trinajstić information content (AvgIpc) is 3.22. The second-order valence-electron chi connectivity index (χ2n) is 7.47. The van der Waals surface area contributed by atoms with Crippen LogP contribution in [0.15, 0.2) is 64.0 Å². The van der Waals surface area contributed by atoms with Crippen molar-refractivity contribution in [2.75, 3.05) is 10.6 Å². The van der Waals surface area contributed by atoms with Crippen LogP contribution in [0.2, 0.25) is 0 Å². The van der Waals surface area contributed by atoms with Crippen LogP contribution >= 0.6 is 0 Å². The first-order valence-corrected chi connectivity index (χ1v) is 10.3. The minimum atomic E-state index is -0.631. The van der Waals surface area contributed by atoms with E-state index in [4.69, 9.17) is 4.42 Å². The number of amides is 2. The fraction of sp³-hybridized carbons (Fsp3) is 0.167. The molecule has 0 aliphatic rings. The van der Waals surface area contributed by atoms with Gasteiger partial charge in [-0.3, -0.25) is 14.4 Å². The number of aromatic nitrogens is 2. The third kappa shape index (κ3) is 5.15. The molecule has 0 aliphatic heterocycles. The molecule has 3 N–H and O–H groups in total. The van der Waals surface area contributed by atoms with Gasteiger partial charge in [-0.1, -0.05) is 12.1 Å². The highest BCUT2D eigenvalue weighted by Gasteiger charge is 2.15. The summed E-state index contributed by atoms with van der Waals surface area (Å²) in [6.07, 6.45) is 2.42. The van der Waals surface area contributed by atoms with E-state index < -0.39 is 11.7 Å². The van der Waals surface area contributed by atoms with Gasteiger partial charge in [0.25, 0.3) is 11.5 Å². The number of aryl methyl sites for hydroxylation is 2. The molecule has 0 atom stereocenters. The number of hydrogen-bond donors (Lipinski definition) is 3. The highest BCUT2D eigenvalue weighted by molar-refractivity contribution is 6.05. The highest BCUT2D eigenvalue weighted by atomic mass is 19.1. The van der Waals surface area contributed by atoms with Gasteiger partial charge in [0, 0.05) is 18.5 Å². The van der Waals surface area contributed by atoms with Gasteiger partial charge in [0.05, 0.1) is 28.4 Å². The van der Waals surface area contributed by atoms with Crippen molar-refractivity contribution in [3.8, 4) is 0 Å². The number of H-pyrrole nitrogens is 1. The molecule has 0 fully saturated rings. The van der Waals surface area contributed by atoms with Crippen LogP contribution < -0.4 is 16.2 Å². The number of halogens is 1. The molecule has 0 radical (unpaired) electrons. The van der Waals surface area contributed by atoms with E-state index in [-0.39, 0.29) is 23.6 Å². The maximum Gasteiger partial charge on any atom is 0.259 e. The van der Waals surface area contributed by atoms with Crippen molar-refractivity contribution < 1.29 is 18.4 Å². The summed E-state index contributed by atoms with van der Waals surface area (Å²) in [5.41, 5.74) is 0.970. The summed E-state index contributed by atoms with van der Waals surface area (Å²) in [6, 6.07) is 12.5. The number of aromatic amines is 1. The van der Waals surface area contributed by atoms with E-state index in [2.05, 4.69) is 20.6 Å². The summed E-state index contributed by atoms with van der Waals surface area (Å²) < 4.78 is 19.2. The molecule has 8 nitrogen and oxygen atoms in total. The molecule has 0 saturated carbocycles. The van der Waals surface area contributed by atoms with Gasteiger partial charge in [-0.2, -0.15) is 0 Å². The van der Waals surface area contributed by atoms with E-state index in [1.807, 2.05) is 6.07 Å². The second-order valence-corrected chi connectivity index (χ2v) is 7.47. The number of furan rings is 1. The molecule has 0 aliphatic carbocycles. The molecule has 2 aromatic heterocycles. The number of benzene rings is 2. The minimum absolute atomic E-state index is 0.0589.